The Bertz CT molecular complexity index is 1180. The molecule has 0 amide bonds. The van der Waals surface area contributed by atoms with E-state index in [2.05, 4.69) is 45.6 Å². The molecule has 1 aliphatic carbocycles. The molecule has 2 atom stereocenters. The van der Waals surface area contributed by atoms with Crippen LogP contribution in [0.1, 0.15) is 57.2 Å². The molecule has 3 aromatic rings. The Labute approximate surface area is 189 Å². The zero-order chi connectivity index (χ0) is 21.7. The van der Waals surface area contributed by atoms with E-state index in [0.717, 1.165) is 53.2 Å². The van der Waals surface area contributed by atoms with Gasteiger partial charge >= 0.3 is 0 Å². The SMILES string of the molecule is C[C@H]1C[C@H](CO)CN1c1cc(-c2ccc3c(c2)ncn3C2CCCCC2)c2c(n1)CC=N2. The summed E-state index contributed by atoms with van der Waals surface area (Å²) in [6, 6.07) is 9.82. The van der Waals surface area contributed by atoms with Gasteiger partial charge in [-0.15, -0.1) is 0 Å². The van der Waals surface area contributed by atoms with Crippen LogP contribution in [0, 0.1) is 5.92 Å². The molecule has 1 aromatic carbocycles. The minimum Gasteiger partial charge on any atom is -0.396 e. The molecule has 32 heavy (non-hydrogen) atoms. The van der Waals surface area contributed by atoms with Crippen LogP contribution >= 0.6 is 0 Å². The van der Waals surface area contributed by atoms with E-state index in [1.54, 1.807) is 0 Å². The lowest BCUT2D eigenvalue weighted by Crippen LogP contribution is -2.28. The Balaban J connectivity index is 1.40. The Morgan fingerprint density at radius 1 is 1.12 bits per heavy atom. The van der Waals surface area contributed by atoms with Crippen molar-refractivity contribution < 1.29 is 5.11 Å². The van der Waals surface area contributed by atoms with Gasteiger partial charge in [0.2, 0.25) is 0 Å². The first-order valence-electron chi connectivity index (χ1n) is 12.1. The zero-order valence-corrected chi connectivity index (χ0v) is 18.7. The Morgan fingerprint density at radius 2 is 2.00 bits per heavy atom. The van der Waals surface area contributed by atoms with Crippen molar-refractivity contribution in [2.45, 2.75) is 64.0 Å². The summed E-state index contributed by atoms with van der Waals surface area (Å²) in [5, 5.41) is 9.66. The third-order valence-electron chi connectivity index (χ3n) is 7.62. The smallest absolute Gasteiger partial charge is 0.129 e. The molecule has 6 nitrogen and oxygen atoms in total. The van der Waals surface area contributed by atoms with Crippen LogP contribution in [0.15, 0.2) is 35.6 Å². The van der Waals surface area contributed by atoms with E-state index < -0.39 is 0 Å². The number of imidazole rings is 1. The molecule has 0 radical (unpaired) electrons. The maximum atomic E-state index is 9.66. The van der Waals surface area contributed by atoms with Crippen molar-refractivity contribution in [3.05, 3.63) is 36.3 Å². The van der Waals surface area contributed by atoms with Crippen LogP contribution in [0.25, 0.3) is 22.2 Å². The topological polar surface area (TPSA) is 66.5 Å². The van der Waals surface area contributed by atoms with Gasteiger partial charge in [0.05, 0.1) is 28.7 Å². The highest BCUT2D eigenvalue weighted by molar-refractivity contribution is 5.91. The van der Waals surface area contributed by atoms with E-state index in [1.165, 1.54) is 37.6 Å². The fourth-order valence-corrected chi connectivity index (χ4v) is 5.90. The number of benzene rings is 1. The van der Waals surface area contributed by atoms with Gasteiger partial charge in [0, 0.05) is 49.4 Å². The summed E-state index contributed by atoms with van der Waals surface area (Å²) in [5.41, 5.74) is 6.60. The standard InChI is InChI=1S/C26H31N5O/c1-17-11-18(15-32)14-30(17)25-13-21(26-22(29-25)9-10-27-26)19-7-8-24-23(12-19)28-16-31(24)20-5-3-2-4-6-20/h7-8,10,12-13,16-18,20,32H,2-6,9,11,14-15H2,1H3/t17-,18-/m0/s1. The number of hydrogen-bond donors (Lipinski definition) is 1. The number of aromatic nitrogens is 3. The van der Waals surface area contributed by atoms with Crippen LogP contribution in [0.5, 0.6) is 0 Å². The van der Waals surface area contributed by atoms with Crippen molar-refractivity contribution in [2.24, 2.45) is 10.9 Å². The van der Waals surface area contributed by atoms with Gasteiger partial charge in [-0.3, -0.25) is 4.99 Å². The highest BCUT2D eigenvalue weighted by Gasteiger charge is 2.31. The van der Waals surface area contributed by atoms with Gasteiger partial charge in [-0.2, -0.15) is 0 Å². The molecule has 166 valence electrons. The average molecular weight is 430 g/mol. The molecule has 1 saturated heterocycles. The normalized spacial score (nSPS) is 23.4. The van der Waals surface area contributed by atoms with Gasteiger partial charge in [0.25, 0.3) is 0 Å². The van der Waals surface area contributed by atoms with Gasteiger partial charge in [-0.25, -0.2) is 9.97 Å². The highest BCUT2D eigenvalue weighted by Crippen LogP contribution is 2.41. The fraction of sp³-hybridized carbons (Fsp3) is 0.500. The van der Waals surface area contributed by atoms with Gasteiger partial charge in [-0.1, -0.05) is 25.3 Å². The molecule has 1 N–H and O–H groups in total. The van der Waals surface area contributed by atoms with Crippen LogP contribution in [-0.4, -0.2) is 45.0 Å². The number of anilines is 1. The van der Waals surface area contributed by atoms with E-state index in [9.17, 15) is 5.11 Å². The molecule has 2 aliphatic heterocycles. The summed E-state index contributed by atoms with van der Waals surface area (Å²) < 4.78 is 2.39. The molecule has 6 rings (SSSR count). The molecule has 3 aliphatic rings. The summed E-state index contributed by atoms with van der Waals surface area (Å²) in [7, 11) is 0. The van der Waals surface area contributed by atoms with Crippen LogP contribution < -0.4 is 4.90 Å². The van der Waals surface area contributed by atoms with Crippen LogP contribution in [0.3, 0.4) is 0 Å². The number of aliphatic imine (C=N–C) groups is 1. The number of pyridine rings is 1. The number of hydrogen-bond acceptors (Lipinski definition) is 5. The number of aliphatic hydroxyl groups excluding tert-OH is 1. The van der Waals surface area contributed by atoms with Gasteiger partial charge in [0.15, 0.2) is 0 Å². The summed E-state index contributed by atoms with van der Waals surface area (Å²) in [5.74, 6) is 1.32. The Morgan fingerprint density at radius 3 is 2.81 bits per heavy atom. The lowest BCUT2D eigenvalue weighted by molar-refractivity contribution is 0.236. The summed E-state index contributed by atoms with van der Waals surface area (Å²) >= 11 is 0. The monoisotopic (exact) mass is 429 g/mol. The number of rotatable bonds is 4. The molecular formula is C26H31N5O. The van der Waals surface area contributed by atoms with Crippen LogP contribution in [0.4, 0.5) is 11.5 Å². The van der Waals surface area contributed by atoms with E-state index in [1.807, 2.05) is 12.5 Å². The van der Waals surface area contributed by atoms with Gasteiger partial charge in [0.1, 0.15) is 5.82 Å². The first-order valence-corrected chi connectivity index (χ1v) is 12.1. The predicted molar refractivity (Wildman–Crippen MR) is 129 cm³/mol. The lowest BCUT2D eigenvalue weighted by Gasteiger charge is -2.24. The van der Waals surface area contributed by atoms with Crippen molar-refractivity contribution in [1.82, 2.24) is 14.5 Å². The summed E-state index contributed by atoms with van der Waals surface area (Å²) in [4.78, 5) is 16.8. The molecule has 2 fully saturated rings. The molecule has 0 bridgehead atoms. The largest absolute Gasteiger partial charge is 0.396 e. The molecule has 6 heteroatoms. The highest BCUT2D eigenvalue weighted by atomic mass is 16.3. The molecule has 0 unspecified atom stereocenters. The first-order chi connectivity index (χ1) is 15.7. The quantitative estimate of drug-likeness (QED) is 0.629. The second-order valence-corrected chi connectivity index (χ2v) is 9.77. The van der Waals surface area contributed by atoms with Crippen molar-refractivity contribution in [3.8, 4) is 11.1 Å². The minimum absolute atomic E-state index is 0.238. The molecule has 0 spiro atoms. The van der Waals surface area contributed by atoms with Crippen molar-refractivity contribution >= 4 is 28.8 Å². The maximum Gasteiger partial charge on any atom is 0.129 e. The molecule has 2 aromatic heterocycles. The van der Waals surface area contributed by atoms with Crippen molar-refractivity contribution in [3.63, 3.8) is 0 Å². The third kappa shape index (κ3) is 3.32. The molecular weight excluding hydrogens is 398 g/mol. The molecule has 1 saturated carbocycles. The Kier molecular flexibility index (Phi) is 4.98. The second-order valence-electron chi connectivity index (χ2n) is 9.77. The lowest BCUT2D eigenvalue weighted by atomic mass is 9.95. The summed E-state index contributed by atoms with van der Waals surface area (Å²) in [6.07, 6.45) is 12.3. The third-order valence-corrected chi connectivity index (χ3v) is 7.62. The zero-order valence-electron chi connectivity index (χ0n) is 18.7. The maximum absolute atomic E-state index is 9.66. The predicted octanol–water partition coefficient (Wildman–Crippen LogP) is 5.07. The van der Waals surface area contributed by atoms with Gasteiger partial charge < -0.3 is 14.6 Å². The number of fused-ring (bicyclic) bond motifs is 2. The summed E-state index contributed by atoms with van der Waals surface area (Å²) in [6.45, 7) is 3.32. The average Bonchev–Trinajstić information content (AvgIpc) is 3.56. The van der Waals surface area contributed by atoms with Crippen molar-refractivity contribution in [2.75, 3.05) is 18.1 Å². The first kappa shape index (κ1) is 19.9. The van der Waals surface area contributed by atoms with Crippen LogP contribution in [0.2, 0.25) is 0 Å². The van der Waals surface area contributed by atoms with E-state index in [4.69, 9.17) is 9.97 Å². The molecule has 4 heterocycles. The minimum atomic E-state index is 0.238. The van der Waals surface area contributed by atoms with E-state index in [0.29, 0.717) is 18.0 Å². The number of aliphatic hydroxyl groups is 1. The van der Waals surface area contributed by atoms with E-state index >= 15 is 0 Å². The van der Waals surface area contributed by atoms with Crippen molar-refractivity contribution in [1.29, 1.82) is 0 Å². The number of nitrogens with zero attached hydrogens (tertiary/aromatic N) is 5. The van der Waals surface area contributed by atoms with Crippen LogP contribution in [-0.2, 0) is 6.42 Å². The Hall–Kier alpha value is -2.73. The van der Waals surface area contributed by atoms with Gasteiger partial charge in [-0.05, 0) is 49.9 Å². The fourth-order valence-electron chi connectivity index (χ4n) is 5.90. The second kappa shape index (κ2) is 8.00. The van der Waals surface area contributed by atoms with E-state index in [-0.39, 0.29) is 6.61 Å².